The van der Waals surface area contributed by atoms with E-state index in [0.717, 1.165) is 31.1 Å². The molecule has 1 aliphatic rings. The van der Waals surface area contributed by atoms with Gasteiger partial charge < -0.3 is 10.8 Å². The van der Waals surface area contributed by atoms with Gasteiger partial charge in [-0.3, -0.25) is 0 Å². The summed E-state index contributed by atoms with van der Waals surface area (Å²) >= 11 is 0. The predicted octanol–water partition coefficient (Wildman–Crippen LogP) is 3.33. The highest BCUT2D eigenvalue weighted by Crippen LogP contribution is 2.36. The predicted molar refractivity (Wildman–Crippen MR) is 73.8 cm³/mol. The highest BCUT2D eigenvalue weighted by atomic mass is 16.3. The molecule has 0 radical (unpaired) electrons. The zero-order valence-electron chi connectivity index (χ0n) is 12.1. The molecule has 0 aromatic heterocycles. The molecule has 0 amide bonds. The Morgan fingerprint density at radius 3 is 2.41 bits per heavy atom. The van der Waals surface area contributed by atoms with Crippen molar-refractivity contribution in [3.63, 3.8) is 0 Å². The van der Waals surface area contributed by atoms with E-state index in [-0.39, 0.29) is 11.6 Å². The van der Waals surface area contributed by atoms with Crippen LogP contribution in [0.2, 0.25) is 0 Å². The molecule has 102 valence electrons. The summed E-state index contributed by atoms with van der Waals surface area (Å²) in [5.74, 6) is 2.14. The quantitative estimate of drug-likeness (QED) is 0.775. The Hall–Kier alpha value is -0.0800. The van der Waals surface area contributed by atoms with Crippen LogP contribution < -0.4 is 5.73 Å². The molecule has 2 nitrogen and oxygen atoms in total. The Labute approximate surface area is 107 Å². The lowest BCUT2D eigenvalue weighted by atomic mass is 9.73. The first-order chi connectivity index (χ1) is 7.79. The number of rotatable bonds is 5. The van der Waals surface area contributed by atoms with Crippen molar-refractivity contribution in [1.82, 2.24) is 0 Å². The lowest BCUT2D eigenvalue weighted by molar-refractivity contribution is 0.0481. The molecule has 0 aliphatic heterocycles. The van der Waals surface area contributed by atoms with Crippen LogP contribution in [0.4, 0.5) is 0 Å². The number of nitrogens with two attached hydrogens (primary N) is 1. The van der Waals surface area contributed by atoms with Crippen LogP contribution in [0.15, 0.2) is 0 Å². The topological polar surface area (TPSA) is 46.2 Å². The molecule has 3 N–H and O–H groups in total. The van der Waals surface area contributed by atoms with Gasteiger partial charge in [0.2, 0.25) is 0 Å². The summed E-state index contributed by atoms with van der Waals surface area (Å²) in [5, 5.41) is 10.2. The van der Waals surface area contributed by atoms with Crippen LogP contribution in [0.3, 0.4) is 0 Å². The summed E-state index contributed by atoms with van der Waals surface area (Å²) in [6, 6.07) is 0. The molecule has 0 saturated heterocycles. The minimum atomic E-state index is -0.104. The number of hydrogen-bond donors (Lipinski definition) is 2. The van der Waals surface area contributed by atoms with E-state index in [9.17, 15) is 5.11 Å². The maximum atomic E-state index is 10.2. The molecular weight excluding hydrogens is 210 g/mol. The van der Waals surface area contributed by atoms with Gasteiger partial charge in [-0.05, 0) is 63.7 Å². The molecule has 0 aromatic rings. The number of hydrogen-bond acceptors (Lipinski definition) is 2. The number of aliphatic hydroxyl groups excluding tert-OH is 1. The maximum absolute atomic E-state index is 10.2. The Morgan fingerprint density at radius 2 is 1.88 bits per heavy atom. The van der Waals surface area contributed by atoms with Crippen LogP contribution in [-0.2, 0) is 0 Å². The second-order valence-electron chi connectivity index (χ2n) is 6.98. The SMILES string of the molecule is CC1CCC(C(O)CCCC(C)(C)N)CC1C. The van der Waals surface area contributed by atoms with Gasteiger partial charge in [0, 0.05) is 5.54 Å². The van der Waals surface area contributed by atoms with Gasteiger partial charge in [-0.1, -0.05) is 20.3 Å². The van der Waals surface area contributed by atoms with Gasteiger partial charge in [-0.2, -0.15) is 0 Å². The van der Waals surface area contributed by atoms with Crippen molar-refractivity contribution in [3.8, 4) is 0 Å². The fraction of sp³-hybridized carbons (Fsp3) is 1.00. The van der Waals surface area contributed by atoms with Crippen molar-refractivity contribution < 1.29 is 5.11 Å². The molecule has 1 aliphatic carbocycles. The van der Waals surface area contributed by atoms with Crippen molar-refractivity contribution >= 4 is 0 Å². The van der Waals surface area contributed by atoms with Crippen LogP contribution in [-0.4, -0.2) is 16.7 Å². The molecule has 0 heterocycles. The van der Waals surface area contributed by atoms with Crippen molar-refractivity contribution in [1.29, 1.82) is 0 Å². The maximum Gasteiger partial charge on any atom is 0.0568 e. The molecule has 4 unspecified atom stereocenters. The second kappa shape index (κ2) is 6.19. The molecule has 0 spiro atoms. The first kappa shape index (κ1) is 15.0. The smallest absolute Gasteiger partial charge is 0.0568 e. The van der Waals surface area contributed by atoms with Crippen LogP contribution in [0, 0.1) is 17.8 Å². The van der Waals surface area contributed by atoms with E-state index in [1.165, 1.54) is 19.3 Å². The number of aliphatic hydroxyl groups is 1. The molecule has 1 fully saturated rings. The molecule has 0 bridgehead atoms. The standard InChI is InChI=1S/C15H31NO/c1-11-7-8-13(10-12(11)2)14(17)6-5-9-15(3,4)16/h11-14,17H,5-10,16H2,1-4H3. The Morgan fingerprint density at radius 1 is 1.24 bits per heavy atom. The van der Waals surface area contributed by atoms with E-state index in [4.69, 9.17) is 5.73 Å². The Balaban J connectivity index is 2.26. The van der Waals surface area contributed by atoms with Gasteiger partial charge in [-0.15, -0.1) is 0 Å². The van der Waals surface area contributed by atoms with Crippen LogP contribution in [0.1, 0.15) is 66.2 Å². The van der Waals surface area contributed by atoms with Crippen molar-refractivity contribution in [2.24, 2.45) is 23.5 Å². The van der Waals surface area contributed by atoms with E-state index >= 15 is 0 Å². The third kappa shape index (κ3) is 5.39. The fourth-order valence-electron chi connectivity index (χ4n) is 2.94. The molecule has 2 heteroatoms. The summed E-state index contributed by atoms with van der Waals surface area (Å²) in [5.41, 5.74) is 5.87. The van der Waals surface area contributed by atoms with Gasteiger partial charge in [0.05, 0.1) is 6.10 Å². The van der Waals surface area contributed by atoms with E-state index in [0.29, 0.717) is 5.92 Å². The Kier molecular flexibility index (Phi) is 5.46. The van der Waals surface area contributed by atoms with E-state index < -0.39 is 0 Å². The highest BCUT2D eigenvalue weighted by Gasteiger charge is 2.29. The van der Waals surface area contributed by atoms with E-state index in [1.807, 2.05) is 0 Å². The molecule has 4 atom stereocenters. The first-order valence-corrected chi connectivity index (χ1v) is 7.26. The summed E-state index contributed by atoms with van der Waals surface area (Å²) in [7, 11) is 0. The third-order valence-corrected chi connectivity index (χ3v) is 4.50. The average molecular weight is 241 g/mol. The molecular formula is C15H31NO. The van der Waals surface area contributed by atoms with Gasteiger partial charge in [-0.25, -0.2) is 0 Å². The largest absolute Gasteiger partial charge is 0.393 e. The van der Waals surface area contributed by atoms with Crippen molar-refractivity contribution in [2.45, 2.75) is 77.9 Å². The lowest BCUT2D eigenvalue weighted by Gasteiger charge is -2.35. The van der Waals surface area contributed by atoms with Crippen molar-refractivity contribution in [2.75, 3.05) is 0 Å². The summed E-state index contributed by atoms with van der Waals surface area (Å²) < 4.78 is 0. The summed E-state index contributed by atoms with van der Waals surface area (Å²) in [6.45, 7) is 8.78. The zero-order chi connectivity index (χ0) is 13.1. The highest BCUT2D eigenvalue weighted by molar-refractivity contribution is 4.80. The Bertz CT molecular complexity index is 221. The summed E-state index contributed by atoms with van der Waals surface area (Å²) in [6.07, 6.45) is 6.56. The third-order valence-electron chi connectivity index (χ3n) is 4.50. The van der Waals surface area contributed by atoms with Gasteiger partial charge in [0.15, 0.2) is 0 Å². The molecule has 0 aromatic carbocycles. The fourth-order valence-corrected chi connectivity index (χ4v) is 2.94. The van der Waals surface area contributed by atoms with E-state index in [1.54, 1.807) is 0 Å². The van der Waals surface area contributed by atoms with Gasteiger partial charge >= 0.3 is 0 Å². The molecule has 1 rings (SSSR count). The monoisotopic (exact) mass is 241 g/mol. The van der Waals surface area contributed by atoms with Gasteiger partial charge in [0.25, 0.3) is 0 Å². The minimum Gasteiger partial charge on any atom is -0.393 e. The van der Waals surface area contributed by atoms with Crippen LogP contribution in [0.5, 0.6) is 0 Å². The normalized spacial score (nSPS) is 32.5. The minimum absolute atomic E-state index is 0.0892. The van der Waals surface area contributed by atoms with Crippen LogP contribution >= 0.6 is 0 Å². The molecule has 17 heavy (non-hydrogen) atoms. The first-order valence-electron chi connectivity index (χ1n) is 7.26. The van der Waals surface area contributed by atoms with Crippen LogP contribution in [0.25, 0.3) is 0 Å². The summed E-state index contributed by atoms with van der Waals surface area (Å²) in [4.78, 5) is 0. The lowest BCUT2D eigenvalue weighted by Crippen LogP contribution is -2.33. The average Bonchev–Trinajstić information content (AvgIpc) is 2.20. The zero-order valence-corrected chi connectivity index (χ0v) is 12.1. The second-order valence-corrected chi connectivity index (χ2v) is 6.98. The van der Waals surface area contributed by atoms with Crippen molar-refractivity contribution in [3.05, 3.63) is 0 Å². The van der Waals surface area contributed by atoms with E-state index in [2.05, 4.69) is 27.7 Å². The van der Waals surface area contributed by atoms with Gasteiger partial charge in [0.1, 0.15) is 0 Å². The molecule has 1 saturated carbocycles.